The number of hydrogen-bond donors (Lipinski definition) is 4. The highest BCUT2D eigenvalue weighted by Gasteiger charge is 2.25. The standard InChI is InChI=1S/C16H14O7/c1-22-11-5-8(17)6-12-13(11)14(20)15(21)16(23-12)7-2-3-9(18)10(19)4-7/h3-7,17-19,21H,2H2,1H3. The van der Waals surface area contributed by atoms with Crippen molar-refractivity contribution in [3.63, 3.8) is 0 Å². The lowest BCUT2D eigenvalue weighted by atomic mass is 9.95. The van der Waals surface area contributed by atoms with Crippen LogP contribution in [0.15, 0.2) is 45.0 Å². The van der Waals surface area contributed by atoms with Crippen molar-refractivity contribution in [3.8, 4) is 17.2 Å². The molecule has 1 unspecified atom stereocenters. The molecule has 0 saturated heterocycles. The lowest BCUT2D eigenvalue weighted by molar-refractivity contribution is 0.313. The zero-order valence-electron chi connectivity index (χ0n) is 12.1. The van der Waals surface area contributed by atoms with Gasteiger partial charge in [0.2, 0.25) is 11.2 Å². The Bertz CT molecular complexity index is 905. The van der Waals surface area contributed by atoms with E-state index in [1.165, 1.54) is 31.4 Å². The van der Waals surface area contributed by atoms with E-state index in [9.17, 15) is 25.2 Å². The van der Waals surface area contributed by atoms with Gasteiger partial charge in [-0.3, -0.25) is 4.79 Å². The first-order valence-electron chi connectivity index (χ1n) is 6.79. The van der Waals surface area contributed by atoms with E-state index in [2.05, 4.69) is 0 Å². The molecule has 0 amide bonds. The topological polar surface area (TPSA) is 120 Å². The number of aromatic hydroxyl groups is 2. The molecule has 0 fully saturated rings. The fourth-order valence-corrected chi connectivity index (χ4v) is 2.56. The van der Waals surface area contributed by atoms with Gasteiger partial charge >= 0.3 is 0 Å². The summed E-state index contributed by atoms with van der Waals surface area (Å²) in [4.78, 5) is 12.4. The summed E-state index contributed by atoms with van der Waals surface area (Å²) in [6, 6.07) is 2.48. The molecular weight excluding hydrogens is 304 g/mol. The summed E-state index contributed by atoms with van der Waals surface area (Å²) >= 11 is 0. The maximum Gasteiger partial charge on any atom is 0.238 e. The molecule has 3 rings (SSSR count). The van der Waals surface area contributed by atoms with Crippen LogP contribution in [-0.2, 0) is 0 Å². The molecule has 23 heavy (non-hydrogen) atoms. The van der Waals surface area contributed by atoms with E-state index < -0.39 is 17.1 Å². The van der Waals surface area contributed by atoms with E-state index in [4.69, 9.17) is 9.15 Å². The third kappa shape index (κ3) is 2.36. The van der Waals surface area contributed by atoms with Gasteiger partial charge in [-0.15, -0.1) is 0 Å². The van der Waals surface area contributed by atoms with Gasteiger partial charge in [-0.25, -0.2) is 0 Å². The van der Waals surface area contributed by atoms with Crippen LogP contribution in [0.4, 0.5) is 0 Å². The average Bonchev–Trinajstić information content (AvgIpc) is 2.52. The van der Waals surface area contributed by atoms with Gasteiger partial charge in [0.1, 0.15) is 22.5 Å². The lowest BCUT2D eigenvalue weighted by Crippen LogP contribution is -2.10. The van der Waals surface area contributed by atoms with Crippen LogP contribution in [0.2, 0.25) is 0 Å². The van der Waals surface area contributed by atoms with Crippen molar-refractivity contribution in [2.75, 3.05) is 7.11 Å². The summed E-state index contributed by atoms with van der Waals surface area (Å²) < 4.78 is 10.6. The molecule has 7 heteroatoms. The molecule has 1 aromatic carbocycles. The number of benzene rings is 1. The maximum absolute atomic E-state index is 12.4. The molecule has 1 aromatic heterocycles. The van der Waals surface area contributed by atoms with Gasteiger partial charge in [0.15, 0.2) is 17.3 Å². The average molecular weight is 318 g/mol. The van der Waals surface area contributed by atoms with Crippen LogP contribution in [-0.4, -0.2) is 27.5 Å². The Morgan fingerprint density at radius 2 is 1.91 bits per heavy atom. The fourth-order valence-electron chi connectivity index (χ4n) is 2.56. The summed E-state index contributed by atoms with van der Waals surface area (Å²) in [5, 5.41) is 38.8. The quantitative estimate of drug-likeness (QED) is 0.671. The van der Waals surface area contributed by atoms with Crippen LogP contribution in [0.25, 0.3) is 11.0 Å². The van der Waals surface area contributed by atoms with E-state index in [0.29, 0.717) is 0 Å². The third-order valence-electron chi connectivity index (χ3n) is 3.69. The third-order valence-corrected chi connectivity index (χ3v) is 3.69. The number of fused-ring (bicyclic) bond motifs is 1. The number of allylic oxidation sites excluding steroid dienone is 2. The fraction of sp³-hybridized carbons (Fsp3) is 0.188. The molecule has 0 spiro atoms. The van der Waals surface area contributed by atoms with Crippen LogP contribution in [0, 0.1) is 0 Å². The van der Waals surface area contributed by atoms with Crippen LogP contribution in [0.5, 0.6) is 17.2 Å². The highest BCUT2D eigenvalue weighted by molar-refractivity contribution is 5.86. The summed E-state index contributed by atoms with van der Waals surface area (Å²) in [6.45, 7) is 0. The second kappa shape index (κ2) is 5.28. The smallest absolute Gasteiger partial charge is 0.238 e. The van der Waals surface area contributed by atoms with Crippen molar-refractivity contribution >= 4 is 11.0 Å². The Morgan fingerprint density at radius 1 is 1.17 bits per heavy atom. The number of aliphatic hydroxyl groups excluding tert-OH is 2. The first-order valence-corrected chi connectivity index (χ1v) is 6.79. The Balaban J connectivity index is 2.25. The minimum atomic E-state index is -0.704. The monoisotopic (exact) mass is 318 g/mol. The SMILES string of the molecule is COc1cc(O)cc2oc(C3C=C(O)C(O)=CC3)c(O)c(=O)c12. The van der Waals surface area contributed by atoms with E-state index in [0.717, 1.165) is 0 Å². The normalized spacial score (nSPS) is 17.7. The Kier molecular flexibility index (Phi) is 3.40. The molecule has 0 radical (unpaired) electrons. The molecular formula is C16H14O7. The molecule has 1 atom stereocenters. The first kappa shape index (κ1) is 14.8. The van der Waals surface area contributed by atoms with Crippen LogP contribution < -0.4 is 10.2 Å². The second-order valence-electron chi connectivity index (χ2n) is 5.15. The van der Waals surface area contributed by atoms with Gasteiger partial charge in [-0.1, -0.05) is 0 Å². The lowest BCUT2D eigenvalue weighted by Gasteiger charge is -2.17. The highest BCUT2D eigenvalue weighted by Crippen LogP contribution is 2.37. The summed E-state index contributed by atoms with van der Waals surface area (Å²) in [5.41, 5.74) is -0.656. The maximum atomic E-state index is 12.4. The minimum Gasteiger partial charge on any atom is -0.508 e. The molecule has 120 valence electrons. The summed E-state index contributed by atoms with van der Waals surface area (Å²) in [5.74, 6) is -2.02. The number of phenols is 1. The largest absolute Gasteiger partial charge is 0.508 e. The number of ether oxygens (including phenoxy) is 1. The van der Waals surface area contributed by atoms with Crippen molar-refractivity contribution in [1.82, 2.24) is 0 Å². The number of hydrogen-bond acceptors (Lipinski definition) is 7. The van der Waals surface area contributed by atoms with Gasteiger partial charge in [0.05, 0.1) is 7.11 Å². The van der Waals surface area contributed by atoms with Crippen molar-refractivity contribution in [1.29, 1.82) is 0 Å². The molecule has 4 N–H and O–H groups in total. The molecule has 7 nitrogen and oxygen atoms in total. The highest BCUT2D eigenvalue weighted by atomic mass is 16.5. The minimum absolute atomic E-state index is 0.00829. The van der Waals surface area contributed by atoms with Crippen LogP contribution in [0.1, 0.15) is 18.1 Å². The molecule has 1 heterocycles. The predicted molar refractivity (Wildman–Crippen MR) is 81.1 cm³/mol. The van der Waals surface area contributed by atoms with Gasteiger partial charge in [-0.2, -0.15) is 0 Å². The predicted octanol–water partition coefficient (Wildman–Crippen LogP) is 2.58. The molecule has 0 aliphatic heterocycles. The Hall–Kier alpha value is -3.09. The van der Waals surface area contributed by atoms with Crippen LogP contribution in [0.3, 0.4) is 0 Å². The van der Waals surface area contributed by atoms with Crippen molar-refractivity contribution < 1.29 is 29.6 Å². The van der Waals surface area contributed by atoms with Crippen molar-refractivity contribution in [3.05, 3.63) is 51.8 Å². The van der Waals surface area contributed by atoms with Crippen LogP contribution >= 0.6 is 0 Å². The second-order valence-corrected chi connectivity index (χ2v) is 5.15. The number of methoxy groups -OCH3 is 1. The summed E-state index contributed by atoms with van der Waals surface area (Å²) in [6.07, 6.45) is 2.86. The van der Waals surface area contributed by atoms with Crippen molar-refractivity contribution in [2.24, 2.45) is 0 Å². The van der Waals surface area contributed by atoms with E-state index in [1.807, 2.05) is 0 Å². The zero-order valence-corrected chi connectivity index (χ0v) is 12.1. The van der Waals surface area contributed by atoms with Gasteiger partial charge in [0, 0.05) is 18.1 Å². The first-order chi connectivity index (χ1) is 10.9. The van der Waals surface area contributed by atoms with Gasteiger partial charge in [0.25, 0.3) is 0 Å². The molecule has 1 aliphatic rings. The Morgan fingerprint density at radius 3 is 2.57 bits per heavy atom. The zero-order chi connectivity index (χ0) is 16.7. The number of aliphatic hydroxyl groups is 2. The van der Waals surface area contributed by atoms with E-state index in [1.54, 1.807) is 0 Å². The van der Waals surface area contributed by atoms with Crippen molar-refractivity contribution in [2.45, 2.75) is 12.3 Å². The van der Waals surface area contributed by atoms with E-state index >= 15 is 0 Å². The molecule has 0 saturated carbocycles. The number of rotatable bonds is 2. The molecule has 2 aromatic rings. The Labute approximate surface area is 130 Å². The number of phenolic OH excluding ortho intramolecular Hbond substituents is 1. The van der Waals surface area contributed by atoms with Gasteiger partial charge < -0.3 is 29.6 Å². The van der Waals surface area contributed by atoms with E-state index in [-0.39, 0.29) is 46.2 Å². The van der Waals surface area contributed by atoms with Gasteiger partial charge in [-0.05, 0) is 18.6 Å². The molecule has 1 aliphatic carbocycles. The molecule has 0 bridgehead atoms. The summed E-state index contributed by atoms with van der Waals surface area (Å²) in [7, 11) is 1.33.